The van der Waals surface area contributed by atoms with Crippen LogP contribution in [0.4, 0.5) is 0 Å². The van der Waals surface area contributed by atoms with Crippen LogP contribution < -0.4 is 16.4 Å². The van der Waals surface area contributed by atoms with Crippen LogP contribution in [0.5, 0.6) is 0 Å². The number of hydrogen-bond acceptors (Lipinski definition) is 13. The van der Waals surface area contributed by atoms with Crippen LogP contribution in [-0.4, -0.2) is 120 Å². The fourth-order valence-corrected chi connectivity index (χ4v) is 14.2. The molecule has 17 unspecified atom stereocenters. The Balaban J connectivity index is 1.24. The highest BCUT2D eigenvalue weighted by atomic mass is 16.5. The minimum absolute atomic E-state index is 0.0268. The van der Waals surface area contributed by atoms with Gasteiger partial charge >= 0.3 is 0 Å². The van der Waals surface area contributed by atoms with Crippen molar-refractivity contribution in [2.45, 2.75) is 184 Å². The molecule has 2 heterocycles. The van der Waals surface area contributed by atoms with Gasteiger partial charge in [0, 0.05) is 42.7 Å². The maximum atomic E-state index is 15.1. The lowest BCUT2D eigenvalue weighted by Crippen LogP contribution is -2.65. The Morgan fingerprint density at radius 2 is 1.80 bits per heavy atom. The van der Waals surface area contributed by atoms with Crippen molar-refractivity contribution in [3.63, 3.8) is 0 Å². The third-order valence-electron chi connectivity index (χ3n) is 17.3. The van der Waals surface area contributed by atoms with Crippen molar-refractivity contribution in [3.05, 3.63) is 34.7 Å². The zero-order valence-corrected chi connectivity index (χ0v) is 36.6. The van der Waals surface area contributed by atoms with Gasteiger partial charge in [-0.2, -0.15) is 0 Å². The molecule has 0 bridgehead atoms. The summed E-state index contributed by atoms with van der Waals surface area (Å²) >= 11 is 0. The van der Waals surface area contributed by atoms with Crippen molar-refractivity contribution in [1.29, 1.82) is 0 Å². The summed E-state index contributed by atoms with van der Waals surface area (Å²) in [6.45, 7) is 7.40. The second-order valence-corrected chi connectivity index (χ2v) is 20.7. The molecule has 60 heavy (non-hydrogen) atoms. The van der Waals surface area contributed by atoms with Crippen LogP contribution in [0.3, 0.4) is 0 Å². The smallest absolute Gasteiger partial charge is 0.182 e. The van der Waals surface area contributed by atoms with Crippen LogP contribution in [0, 0.1) is 46.3 Å². The van der Waals surface area contributed by atoms with Gasteiger partial charge in [-0.3, -0.25) is 4.79 Å². The van der Waals surface area contributed by atoms with Gasteiger partial charge < -0.3 is 62.0 Å². The first-order valence-electron chi connectivity index (χ1n) is 23.5. The summed E-state index contributed by atoms with van der Waals surface area (Å²) in [5.41, 5.74) is 3.81. The topological polar surface area (TPSA) is 238 Å². The van der Waals surface area contributed by atoms with Crippen LogP contribution >= 0.6 is 0 Å². The molecule has 7 rings (SSSR count). The van der Waals surface area contributed by atoms with Crippen LogP contribution in [0.15, 0.2) is 34.7 Å². The molecule has 5 fully saturated rings. The van der Waals surface area contributed by atoms with Gasteiger partial charge in [0.25, 0.3) is 0 Å². The Hall–Kier alpha value is -1.91. The van der Waals surface area contributed by atoms with Gasteiger partial charge in [-0.1, -0.05) is 39.2 Å². The van der Waals surface area contributed by atoms with E-state index in [1.54, 1.807) is 13.8 Å². The van der Waals surface area contributed by atoms with Crippen molar-refractivity contribution in [2.24, 2.45) is 52.1 Å². The molecule has 0 spiro atoms. The molecule has 2 aliphatic heterocycles. The monoisotopic (exact) mass is 844 g/mol. The molecule has 17 atom stereocenters. The number of ether oxygens (including phenoxy) is 1. The number of ketones is 1. The summed E-state index contributed by atoms with van der Waals surface area (Å²) in [5, 5.41) is 98.7. The first-order valence-corrected chi connectivity index (χ1v) is 23.5. The number of allylic oxidation sites excluding steroid dienone is 4. The number of rotatable bonds is 15. The number of dihydropyridines is 1. The number of aliphatic hydroxyl groups excluding tert-OH is 6. The van der Waals surface area contributed by atoms with E-state index >= 15 is 4.79 Å². The molecule has 0 amide bonds. The van der Waals surface area contributed by atoms with Crippen LogP contribution in [0.2, 0.25) is 0 Å². The predicted octanol–water partition coefficient (Wildman–Crippen LogP) is 2.81. The molecular weight excluding hydrogens is 767 g/mol. The number of nitrogens with two attached hydrogens (primary N) is 1. The fraction of sp³-hybridized carbons (Fsp3) is 0.851. The third kappa shape index (κ3) is 7.87. The highest BCUT2D eigenvalue weighted by Crippen LogP contribution is 2.70. The van der Waals surface area contributed by atoms with Gasteiger partial charge in [0.2, 0.25) is 0 Å². The molecule has 13 nitrogen and oxygen atoms in total. The molecular formula is C47H77N3O10. The molecule has 1 saturated heterocycles. The summed E-state index contributed by atoms with van der Waals surface area (Å²) in [6.07, 6.45) is 8.49. The van der Waals surface area contributed by atoms with Crippen molar-refractivity contribution >= 4 is 5.78 Å². The van der Waals surface area contributed by atoms with Gasteiger partial charge in [0.05, 0.1) is 53.6 Å². The van der Waals surface area contributed by atoms with E-state index in [1.165, 1.54) is 6.42 Å². The average Bonchev–Trinajstić information content (AvgIpc) is 3.63. The maximum absolute atomic E-state index is 15.1. The van der Waals surface area contributed by atoms with E-state index in [2.05, 4.69) is 17.6 Å². The summed E-state index contributed by atoms with van der Waals surface area (Å²) in [7, 11) is 0. The lowest BCUT2D eigenvalue weighted by atomic mass is 9.43. The third-order valence-corrected chi connectivity index (χ3v) is 17.3. The number of fused-ring (bicyclic) bond motifs is 6. The normalized spacial score (nSPS) is 43.6. The summed E-state index contributed by atoms with van der Waals surface area (Å²) in [4.78, 5) is 15.1. The van der Waals surface area contributed by atoms with Gasteiger partial charge in [-0.15, -0.1) is 0 Å². The molecule has 5 aliphatic carbocycles. The minimum atomic E-state index is -1.73. The number of nitrogens with one attached hydrogen (secondary N) is 2. The first-order chi connectivity index (χ1) is 28.5. The van der Waals surface area contributed by atoms with Gasteiger partial charge in [0.15, 0.2) is 5.78 Å². The standard InChI is InChI=1S/C47H77N3O10/c1-5-7-27-9-12-29-30(25-52)42(60-36(29)13-10-27)43(57)45(4,58)37-17-20-47(59)39-31(16-18-44(37,47)3)46(19-15-28-11-14-38(48)50-33(28)8-6-21-51)23-35(55)34(54)22-32(46)41(56)40(39)49-24-26(2)53/h11,14,26-27,29-32,34-38,42-43,49-55,57-59H,5-10,12-13,15-25,48H2,1-4H3. The second kappa shape index (κ2) is 17.9. The zero-order valence-electron chi connectivity index (χ0n) is 36.6. The summed E-state index contributed by atoms with van der Waals surface area (Å²) in [5.74, 6) is -1.51. The molecule has 4 saturated carbocycles. The molecule has 12 N–H and O–H groups in total. The molecule has 340 valence electrons. The Bertz CT molecular complexity index is 1650. The van der Waals surface area contributed by atoms with Crippen molar-refractivity contribution in [3.8, 4) is 0 Å². The lowest BCUT2D eigenvalue weighted by Gasteiger charge is -2.62. The molecule has 7 aliphatic rings. The minimum Gasteiger partial charge on any atom is -0.396 e. The van der Waals surface area contributed by atoms with Crippen LogP contribution in [-0.2, 0) is 9.53 Å². The molecule has 0 radical (unpaired) electrons. The number of Topliss-reactive ketones (excluding diaryl/α,β-unsaturated/α-hetero) is 1. The van der Waals surface area contributed by atoms with Crippen molar-refractivity contribution < 1.29 is 50.4 Å². The van der Waals surface area contributed by atoms with Gasteiger partial charge in [-0.05, 0) is 144 Å². The van der Waals surface area contributed by atoms with E-state index in [1.807, 2.05) is 19.1 Å². The quantitative estimate of drug-likeness (QED) is 0.114. The second-order valence-electron chi connectivity index (χ2n) is 20.7. The Kier molecular flexibility index (Phi) is 13.8. The fourth-order valence-electron chi connectivity index (χ4n) is 14.2. The van der Waals surface area contributed by atoms with Gasteiger partial charge in [0.1, 0.15) is 6.10 Å². The Morgan fingerprint density at radius 1 is 1.05 bits per heavy atom. The summed E-state index contributed by atoms with van der Waals surface area (Å²) < 4.78 is 6.65. The van der Waals surface area contributed by atoms with E-state index in [9.17, 15) is 40.9 Å². The summed E-state index contributed by atoms with van der Waals surface area (Å²) in [6, 6.07) is 0. The predicted molar refractivity (Wildman–Crippen MR) is 226 cm³/mol. The molecule has 13 heteroatoms. The van der Waals surface area contributed by atoms with E-state index in [4.69, 9.17) is 10.5 Å². The van der Waals surface area contributed by atoms with Crippen LogP contribution in [0.1, 0.15) is 130 Å². The van der Waals surface area contributed by atoms with E-state index in [0.717, 1.165) is 43.4 Å². The Labute approximate surface area is 356 Å². The van der Waals surface area contributed by atoms with Crippen molar-refractivity contribution in [2.75, 3.05) is 19.8 Å². The first kappa shape index (κ1) is 46.1. The van der Waals surface area contributed by atoms with Crippen LogP contribution in [0.25, 0.3) is 0 Å². The maximum Gasteiger partial charge on any atom is 0.182 e. The lowest BCUT2D eigenvalue weighted by molar-refractivity contribution is -0.201. The van der Waals surface area contributed by atoms with Crippen molar-refractivity contribution in [1.82, 2.24) is 10.6 Å². The highest BCUT2D eigenvalue weighted by Gasteiger charge is 2.71. The van der Waals surface area contributed by atoms with E-state index < -0.39 is 64.4 Å². The number of aliphatic hydroxyl groups is 8. The average molecular weight is 844 g/mol. The number of carbonyl (C=O) groups is 1. The zero-order chi connectivity index (χ0) is 43.4. The highest BCUT2D eigenvalue weighted by molar-refractivity contribution is 6.00. The van der Waals surface area contributed by atoms with Gasteiger partial charge in [-0.25, -0.2) is 0 Å². The number of carbonyl (C=O) groups excluding carboxylic acids is 1. The SMILES string of the molecule is CCCC1CCC2OC(C(O)C(C)(O)C3CCC4(O)C5=C(NCC(C)O)C(=O)C6CC(O)C(O)CC6(CCC6=C(CCCO)NC(N)C=C6)C5CCC34C)C(CO)C2CC1. The molecule has 0 aromatic rings. The number of hydrogen-bond donors (Lipinski definition) is 11. The van der Waals surface area contributed by atoms with E-state index in [0.29, 0.717) is 56.4 Å². The van der Waals surface area contributed by atoms with E-state index in [-0.39, 0.29) is 80.5 Å². The molecule has 0 aromatic carbocycles. The Morgan fingerprint density at radius 3 is 2.50 bits per heavy atom. The molecule has 0 aromatic heterocycles. The largest absolute Gasteiger partial charge is 0.396 e.